The van der Waals surface area contributed by atoms with Gasteiger partial charge in [0, 0.05) is 32.3 Å². The number of rotatable bonds is 5. The van der Waals surface area contributed by atoms with Crippen LogP contribution >= 0.6 is 0 Å². The molecule has 2 fully saturated rings. The summed E-state index contributed by atoms with van der Waals surface area (Å²) in [6.45, 7) is 1.92. The molecule has 3 heterocycles. The summed E-state index contributed by atoms with van der Waals surface area (Å²) in [5.74, 6) is -0.929. The SMILES string of the molecule is CC(=O)N1CCC(C(=O)ONc2ccn([C@@H]3O[C@H](CO)[C@@H](O)[C@H]3O)c(=O)n2)CC1. The summed E-state index contributed by atoms with van der Waals surface area (Å²) in [6, 6.07) is 1.34. The van der Waals surface area contributed by atoms with Gasteiger partial charge in [0.2, 0.25) is 5.91 Å². The van der Waals surface area contributed by atoms with Crippen LogP contribution in [0.1, 0.15) is 26.0 Å². The van der Waals surface area contributed by atoms with Crippen LogP contribution < -0.4 is 11.2 Å². The Morgan fingerprint density at radius 1 is 1.31 bits per heavy atom. The van der Waals surface area contributed by atoms with Gasteiger partial charge in [-0.15, -0.1) is 0 Å². The zero-order chi connectivity index (χ0) is 21.1. The van der Waals surface area contributed by atoms with Gasteiger partial charge in [-0.2, -0.15) is 4.98 Å². The Kier molecular flexibility index (Phi) is 6.47. The van der Waals surface area contributed by atoms with Crippen molar-refractivity contribution in [2.24, 2.45) is 5.92 Å². The van der Waals surface area contributed by atoms with Crippen LogP contribution in [0.4, 0.5) is 5.82 Å². The van der Waals surface area contributed by atoms with Crippen molar-refractivity contribution in [1.29, 1.82) is 0 Å². The van der Waals surface area contributed by atoms with Gasteiger partial charge >= 0.3 is 11.7 Å². The Hall–Kier alpha value is -2.54. The summed E-state index contributed by atoms with van der Waals surface area (Å²) in [7, 11) is 0. The summed E-state index contributed by atoms with van der Waals surface area (Å²) >= 11 is 0. The predicted molar refractivity (Wildman–Crippen MR) is 96.2 cm³/mol. The number of ether oxygens (including phenoxy) is 1. The van der Waals surface area contributed by atoms with Crippen molar-refractivity contribution in [2.75, 3.05) is 25.2 Å². The number of aliphatic hydroxyl groups is 3. The lowest BCUT2D eigenvalue weighted by molar-refractivity contribution is -0.148. The molecule has 12 heteroatoms. The third-order valence-corrected chi connectivity index (χ3v) is 5.15. The van der Waals surface area contributed by atoms with Gasteiger partial charge in [0.05, 0.1) is 12.5 Å². The van der Waals surface area contributed by atoms with Crippen molar-refractivity contribution in [1.82, 2.24) is 14.5 Å². The first kappa shape index (κ1) is 21.2. The summed E-state index contributed by atoms with van der Waals surface area (Å²) in [4.78, 5) is 46.1. The Balaban J connectivity index is 1.57. The summed E-state index contributed by atoms with van der Waals surface area (Å²) in [5, 5.41) is 28.9. The lowest BCUT2D eigenvalue weighted by Gasteiger charge is -2.29. The highest BCUT2D eigenvalue weighted by Gasteiger charge is 2.43. The number of nitrogens with zero attached hydrogens (tertiary/aromatic N) is 3. The van der Waals surface area contributed by atoms with Gasteiger partial charge < -0.3 is 29.8 Å². The van der Waals surface area contributed by atoms with Gasteiger partial charge in [0.15, 0.2) is 12.0 Å². The van der Waals surface area contributed by atoms with E-state index < -0.39 is 42.8 Å². The molecule has 0 bridgehead atoms. The summed E-state index contributed by atoms with van der Waals surface area (Å²) in [6.07, 6.45) is -2.74. The molecule has 4 atom stereocenters. The number of piperidine rings is 1. The third-order valence-electron chi connectivity index (χ3n) is 5.15. The molecule has 0 unspecified atom stereocenters. The lowest BCUT2D eigenvalue weighted by atomic mass is 9.97. The van der Waals surface area contributed by atoms with Crippen molar-refractivity contribution in [2.45, 2.75) is 44.3 Å². The number of carbonyl (C=O) groups is 2. The number of likely N-dealkylation sites (tertiary alicyclic amines) is 1. The zero-order valence-electron chi connectivity index (χ0n) is 15.8. The normalized spacial score (nSPS) is 27.7. The molecule has 0 aliphatic carbocycles. The third kappa shape index (κ3) is 4.56. The molecule has 2 saturated heterocycles. The highest BCUT2D eigenvalue weighted by Crippen LogP contribution is 2.28. The van der Waals surface area contributed by atoms with E-state index in [1.54, 1.807) is 4.90 Å². The highest BCUT2D eigenvalue weighted by molar-refractivity contribution is 5.75. The lowest BCUT2D eigenvalue weighted by Crippen LogP contribution is -2.39. The summed E-state index contributed by atoms with van der Waals surface area (Å²) in [5.41, 5.74) is 1.52. The van der Waals surface area contributed by atoms with Crippen molar-refractivity contribution >= 4 is 17.7 Å². The van der Waals surface area contributed by atoms with Crippen LogP contribution in [-0.4, -0.2) is 79.7 Å². The molecule has 29 heavy (non-hydrogen) atoms. The van der Waals surface area contributed by atoms with E-state index in [-0.39, 0.29) is 17.6 Å². The fourth-order valence-electron chi connectivity index (χ4n) is 3.39. The molecule has 0 spiro atoms. The molecule has 2 aliphatic rings. The Morgan fingerprint density at radius 2 is 2.00 bits per heavy atom. The first-order valence-corrected chi connectivity index (χ1v) is 9.25. The number of nitrogens with one attached hydrogen (secondary N) is 1. The van der Waals surface area contributed by atoms with Crippen LogP contribution in [0.2, 0.25) is 0 Å². The van der Waals surface area contributed by atoms with Gasteiger partial charge in [-0.3, -0.25) is 9.36 Å². The fourth-order valence-corrected chi connectivity index (χ4v) is 3.39. The maximum Gasteiger partial charge on any atom is 0.351 e. The molecule has 160 valence electrons. The van der Waals surface area contributed by atoms with E-state index in [2.05, 4.69) is 10.5 Å². The van der Waals surface area contributed by atoms with E-state index in [9.17, 15) is 24.6 Å². The van der Waals surface area contributed by atoms with Gasteiger partial charge in [-0.1, -0.05) is 0 Å². The average Bonchev–Trinajstić information content (AvgIpc) is 3.00. The molecule has 4 N–H and O–H groups in total. The Labute approximate surface area is 165 Å². The first-order valence-electron chi connectivity index (χ1n) is 9.25. The monoisotopic (exact) mass is 412 g/mol. The number of anilines is 1. The number of carbonyl (C=O) groups excluding carboxylic acids is 2. The van der Waals surface area contributed by atoms with Crippen LogP contribution in [0.15, 0.2) is 17.1 Å². The number of aromatic nitrogens is 2. The highest BCUT2D eigenvalue weighted by atomic mass is 16.7. The van der Waals surface area contributed by atoms with E-state index in [1.807, 2.05) is 0 Å². The van der Waals surface area contributed by atoms with E-state index in [4.69, 9.17) is 14.7 Å². The van der Waals surface area contributed by atoms with E-state index in [0.29, 0.717) is 25.9 Å². The second-order valence-electron chi connectivity index (χ2n) is 7.03. The molecule has 0 aromatic carbocycles. The fraction of sp³-hybridized carbons (Fsp3) is 0.647. The minimum atomic E-state index is -1.41. The molecule has 2 aliphatic heterocycles. The smallest absolute Gasteiger partial charge is 0.351 e. The first-order chi connectivity index (χ1) is 13.8. The largest absolute Gasteiger partial charge is 0.394 e. The van der Waals surface area contributed by atoms with E-state index in [0.717, 1.165) is 4.57 Å². The van der Waals surface area contributed by atoms with Gasteiger partial charge in [-0.05, 0) is 12.8 Å². The van der Waals surface area contributed by atoms with Crippen LogP contribution in [0.3, 0.4) is 0 Å². The zero-order valence-corrected chi connectivity index (χ0v) is 15.8. The minimum Gasteiger partial charge on any atom is -0.394 e. The number of aliphatic hydroxyl groups excluding tert-OH is 3. The van der Waals surface area contributed by atoms with Crippen molar-refractivity contribution < 1.29 is 34.5 Å². The molecule has 0 radical (unpaired) electrons. The molecule has 1 amide bonds. The van der Waals surface area contributed by atoms with Gasteiger partial charge in [0.1, 0.15) is 18.3 Å². The van der Waals surface area contributed by atoms with E-state index in [1.165, 1.54) is 19.2 Å². The topological polar surface area (TPSA) is 163 Å². The maximum absolute atomic E-state index is 12.2. The number of amides is 1. The maximum atomic E-state index is 12.2. The van der Waals surface area contributed by atoms with Crippen molar-refractivity contribution in [3.8, 4) is 0 Å². The standard InChI is InChI=1S/C17H24N4O8/c1-9(23)20-5-2-10(3-6-20)16(26)29-19-12-4-7-21(17(27)18-12)15-14(25)13(24)11(8-22)28-15/h4,7,10-11,13-15,22,24-25H,2-3,5-6,8H2,1H3,(H,18,19,27)/t11-,13-,14-,15-/m1/s1. The number of hydrogen-bond acceptors (Lipinski definition) is 10. The predicted octanol–water partition coefficient (Wildman–Crippen LogP) is -2.02. The number of hydrogen-bond donors (Lipinski definition) is 4. The molecule has 1 aromatic rings. The second-order valence-corrected chi connectivity index (χ2v) is 7.03. The van der Waals surface area contributed by atoms with Gasteiger partial charge in [0.25, 0.3) is 0 Å². The van der Waals surface area contributed by atoms with Crippen LogP contribution in [-0.2, 0) is 19.2 Å². The Morgan fingerprint density at radius 3 is 2.55 bits per heavy atom. The quantitative estimate of drug-likeness (QED) is 0.397. The summed E-state index contributed by atoms with van der Waals surface area (Å²) < 4.78 is 6.25. The molecule has 0 saturated carbocycles. The Bertz CT molecular complexity index is 807. The molecular formula is C17H24N4O8. The average molecular weight is 412 g/mol. The van der Waals surface area contributed by atoms with Crippen LogP contribution in [0.5, 0.6) is 0 Å². The molecule has 3 rings (SSSR count). The van der Waals surface area contributed by atoms with Crippen LogP contribution in [0.25, 0.3) is 0 Å². The van der Waals surface area contributed by atoms with Crippen LogP contribution in [0, 0.1) is 5.92 Å². The molecule has 12 nitrogen and oxygen atoms in total. The van der Waals surface area contributed by atoms with E-state index >= 15 is 0 Å². The molecular weight excluding hydrogens is 388 g/mol. The molecule has 1 aromatic heterocycles. The minimum absolute atomic E-state index is 0.0208. The van der Waals surface area contributed by atoms with Crippen molar-refractivity contribution in [3.05, 3.63) is 22.7 Å². The van der Waals surface area contributed by atoms with Crippen molar-refractivity contribution in [3.63, 3.8) is 0 Å². The van der Waals surface area contributed by atoms with Gasteiger partial charge in [-0.25, -0.2) is 15.1 Å². The second kappa shape index (κ2) is 8.86.